The van der Waals surface area contributed by atoms with Crippen molar-refractivity contribution in [1.82, 2.24) is 19.1 Å². The Bertz CT molecular complexity index is 1240. The molecule has 0 unspecified atom stereocenters. The predicted octanol–water partition coefficient (Wildman–Crippen LogP) is 4.41. The van der Waals surface area contributed by atoms with Crippen LogP contribution in [-0.4, -0.2) is 25.0 Å². The first kappa shape index (κ1) is 24.8. The van der Waals surface area contributed by atoms with Crippen molar-refractivity contribution in [2.24, 2.45) is 0 Å². The van der Waals surface area contributed by atoms with Crippen molar-refractivity contribution in [3.05, 3.63) is 55.4 Å². The number of benzene rings is 1. The van der Waals surface area contributed by atoms with Crippen LogP contribution in [0.3, 0.4) is 0 Å². The first-order valence-electron chi connectivity index (χ1n) is 11.6. The molecule has 3 aromatic rings. The Morgan fingerprint density at radius 3 is 2.52 bits per heavy atom. The highest BCUT2D eigenvalue weighted by Gasteiger charge is 2.19. The lowest BCUT2D eigenvalue weighted by atomic mass is 10.2. The fourth-order valence-corrected chi connectivity index (χ4v) is 4.12. The van der Waals surface area contributed by atoms with Gasteiger partial charge < -0.3 is 9.88 Å². The number of nitrogens with zero attached hydrogens (tertiary/aromatic N) is 3. The number of aromatic nitrogens is 4. The molecule has 0 radical (unpaired) electrons. The third-order valence-corrected chi connectivity index (χ3v) is 5.96. The van der Waals surface area contributed by atoms with Crippen LogP contribution in [0.15, 0.2) is 27.8 Å². The van der Waals surface area contributed by atoms with Gasteiger partial charge in [-0.3, -0.25) is 19.1 Å². The van der Waals surface area contributed by atoms with Crippen molar-refractivity contribution < 1.29 is 4.79 Å². The number of H-pyrrole nitrogens is 1. The number of rotatable bonds is 11. The van der Waals surface area contributed by atoms with E-state index in [0.717, 1.165) is 37.7 Å². The lowest BCUT2D eigenvalue weighted by Crippen LogP contribution is -2.31. The van der Waals surface area contributed by atoms with E-state index in [1.165, 1.54) is 4.57 Å². The number of carbonyl (C=O) groups is 1. The van der Waals surface area contributed by atoms with Gasteiger partial charge in [0.05, 0.1) is 0 Å². The summed E-state index contributed by atoms with van der Waals surface area (Å²) in [4.78, 5) is 44.9. The summed E-state index contributed by atoms with van der Waals surface area (Å²) in [7, 11) is 0. The molecule has 0 saturated heterocycles. The second-order valence-electron chi connectivity index (χ2n) is 8.33. The zero-order valence-electron chi connectivity index (χ0n) is 19.5. The summed E-state index contributed by atoms with van der Waals surface area (Å²) < 4.78 is 3.42. The topological polar surface area (TPSA) is 102 Å². The van der Waals surface area contributed by atoms with Gasteiger partial charge in [-0.15, -0.1) is 0 Å². The van der Waals surface area contributed by atoms with Gasteiger partial charge in [0.2, 0.25) is 5.91 Å². The number of imidazole rings is 1. The molecule has 0 saturated carbocycles. The number of hydrogen-bond donors (Lipinski definition) is 2. The van der Waals surface area contributed by atoms with Crippen molar-refractivity contribution >= 4 is 34.4 Å². The first-order valence-corrected chi connectivity index (χ1v) is 12.0. The first-order chi connectivity index (χ1) is 15.8. The molecule has 33 heavy (non-hydrogen) atoms. The molecular formula is C24H32ClN5O3. The maximum Gasteiger partial charge on any atom is 0.330 e. The van der Waals surface area contributed by atoms with Crippen LogP contribution >= 0.6 is 11.6 Å². The number of anilines is 1. The summed E-state index contributed by atoms with van der Waals surface area (Å²) in [5.41, 5.74) is 1.53. The van der Waals surface area contributed by atoms with Gasteiger partial charge in [-0.2, -0.15) is 0 Å². The fraction of sp³-hybridized carbons (Fsp3) is 0.500. The highest BCUT2D eigenvalue weighted by molar-refractivity contribution is 6.30. The highest BCUT2D eigenvalue weighted by atomic mass is 35.5. The van der Waals surface area contributed by atoms with Crippen LogP contribution in [0.1, 0.15) is 63.8 Å². The summed E-state index contributed by atoms with van der Waals surface area (Å²) in [6, 6.07) is 5.31. The molecule has 2 N–H and O–H groups in total. The quantitative estimate of drug-likeness (QED) is 0.402. The standard InChI is InChI=1S/C24H32ClN5O3/c1-4-6-8-14-29-19(11-12-20(31)26-18-10-9-17(25)15-16(18)3)27-22-21(29)23(32)28-24(33)30(22)13-7-5-2/h9-10,15H,4-8,11-14H2,1-3H3,(H,26,31)(H,28,32,33). The average Bonchev–Trinajstić information content (AvgIpc) is 3.13. The summed E-state index contributed by atoms with van der Waals surface area (Å²) in [5, 5.41) is 3.53. The van der Waals surface area contributed by atoms with Gasteiger partial charge in [-0.1, -0.05) is 44.7 Å². The fourth-order valence-electron chi connectivity index (χ4n) is 3.90. The number of aryl methyl sites for hydroxylation is 4. The van der Waals surface area contributed by atoms with Crippen molar-refractivity contribution in [3.8, 4) is 0 Å². The van der Waals surface area contributed by atoms with E-state index in [4.69, 9.17) is 11.6 Å². The normalized spacial score (nSPS) is 11.3. The largest absolute Gasteiger partial charge is 0.330 e. The SMILES string of the molecule is CCCCCn1c(CCC(=O)Nc2ccc(Cl)cc2C)nc2c1c(=O)[nH]c(=O)n2CCCC. The molecule has 0 aliphatic carbocycles. The van der Waals surface area contributed by atoms with E-state index >= 15 is 0 Å². The minimum Gasteiger partial charge on any atom is -0.326 e. The molecule has 0 spiro atoms. The Morgan fingerprint density at radius 1 is 1.09 bits per heavy atom. The Balaban J connectivity index is 1.90. The molecular weight excluding hydrogens is 442 g/mol. The number of nitrogens with one attached hydrogen (secondary N) is 2. The average molecular weight is 474 g/mol. The Kier molecular flexibility index (Phi) is 8.49. The number of carbonyl (C=O) groups excluding carboxylic acids is 1. The second-order valence-corrected chi connectivity index (χ2v) is 8.77. The number of unbranched alkanes of at least 4 members (excludes halogenated alkanes) is 3. The Labute approximate surface area is 198 Å². The van der Waals surface area contributed by atoms with Crippen LogP contribution in [0, 0.1) is 6.92 Å². The van der Waals surface area contributed by atoms with E-state index in [0.29, 0.717) is 47.2 Å². The molecule has 1 amide bonds. The van der Waals surface area contributed by atoms with Gasteiger partial charge in [-0.25, -0.2) is 9.78 Å². The number of aromatic amines is 1. The predicted molar refractivity (Wildman–Crippen MR) is 132 cm³/mol. The molecule has 1 aromatic carbocycles. The van der Waals surface area contributed by atoms with Gasteiger partial charge in [0.25, 0.3) is 5.56 Å². The van der Waals surface area contributed by atoms with E-state index in [9.17, 15) is 14.4 Å². The van der Waals surface area contributed by atoms with Gasteiger partial charge in [0, 0.05) is 36.6 Å². The zero-order chi connectivity index (χ0) is 24.0. The summed E-state index contributed by atoms with van der Waals surface area (Å²) in [6.45, 7) is 7.16. The minimum atomic E-state index is -0.443. The molecule has 8 nitrogen and oxygen atoms in total. The van der Waals surface area contributed by atoms with E-state index < -0.39 is 11.2 Å². The summed E-state index contributed by atoms with van der Waals surface area (Å²) in [5.74, 6) is 0.496. The molecule has 0 atom stereocenters. The van der Waals surface area contributed by atoms with Gasteiger partial charge in [0.1, 0.15) is 5.82 Å². The van der Waals surface area contributed by atoms with E-state index in [1.54, 1.807) is 18.2 Å². The van der Waals surface area contributed by atoms with Gasteiger partial charge in [-0.05, 0) is 43.5 Å². The van der Waals surface area contributed by atoms with Crippen LogP contribution in [-0.2, 0) is 24.3 Å². The van der Waals surface area contributed by atoms with Crippen molar-refractivity contribution in [2.45, 2.75) is 78.8 Å². The molecule has 2 aromatic heterocycles. The molecule has 178 valence electrons. The number of hydrogen-bond acceptors (Lipinski definition) is 4. The van der Waals surface area contributed by atoms with Crippen LogP contribution in [0.5, 0.6) is 0 Å². The van der Waals surface area contributed by atoms with Gasteiger partial charge in [0.15, 0.2) is 11.2 Å². The number of amides is 1. The smallest absolute Gasteiger partial charge is 0.326 e. The third-order valence-electron chi connectivity index (χ3n) is 5.72. The van der Waals surface area contributed by atoms with E-state index in [1.807, 2.05) is 18.4 Å². The third kappa shape index (κ3) is 5.93. The molecule has 0 aliphatic rings. The second kappa shape index (κ2) is 11.3. The van der Waals surface area contributed by atoms with Crippen LogP contribution in [0.2, 0.25) is 5.02 Å². The van der Waals surface area contributed by atoms with E-state index in [2.05, 4.69) is 22.2 Å². The maximum atomic E-state index is 12.7. The highest BCUT2D eigenvalue weighted by Crippen LogP contribution is 2.20. The molecule has 0 bridgehead atoms. The minimum absolute atomic E-state index is 0.148. The molecule has 2 heterocycles. The van der Waals surface area contributed by atoms with Crippen LogP contribution in [0.4, 0.5) is 5.69 Å². The number of halogens is 1. The molecule has 0 fully saturated rings. The Morgan fingerprint density at radius 2 is 1.82 bits per heavy atom. The van der Waals surface area contributed by atoms with Gasteiger partial charge >= 0.3 is 5.69 Å². The van der Waals surface area contributed by atoms with Crippen LogP contribution in [0.25, 0.3) is 11.2 Å². The summed E-state index contributed by atoms with van der Waals surface area (Å²) in [6.07, 6.45) is 5.24. The summed E-state index contributed by atoms with van der Waals surface area (Å²) >= 11 is 6.00. The molecule has 3 rings (SSSR count). The van der Waals surface area contributed by atoms with E-state index in [-0.39, 0.29) is 12.3 Å². The Hall–Kier alpha value is -2.87. The zero-order valence-corrected chi connectivity index (χ0v) is 20.3. The van der Waals surface area contributed by atoms with Crippen molar-refractivity contribution in [2.75, 3.05) is 5.32 Å². The van der Waals surface area contributed by atoms with Crippen molar-refractivity contribution in [3.63, 3.8) is 0 Å². The molecule has 0 aliphatic heterocycles. The number of fused-ring (bicyclic) bond motifs is 1. The molecule has 9 heteroatoms. The van der Waals surface area contributed by atoms with Crippen molar-refractivity contribution in [1.29, 1.82) is 0 Å². The lowest BCUT2D eigenvalue weighted by Gasteiger charge is -2.10. The maximum absolute atomic E-state index is 12.7. The lowest BCUT2D eigenvalue weighted by molar-refractivity contribution is -0.116. The monoisotopic (exact) mass is 473 g/mol. The van der Waals surface area contributed by atoms with Crippen LogP contribution < -0.4 is 16.6 Å².